The zero-order chi connectivity index (χ0) is 22.8. The Bertz CT molecular complexity index is 1030. The maximum Gasteiger partial charge on any atom is 0.410 e. The van der Waals surface area contributed by atoms with Gasteiger partial charge in [-0.05, 0) is 35.4 Å². The van der Waals surface area contributed by atoms with Crippen molar-refractivity contribution in [2.45, 2.75) is 18.0 Å². The summed E-state index contributed by atoms with van der Waals surface area (Å²) in [5.41, 5.74) is 1.75. The van der Waals surface area contributed by atoms with Gasteiger partial charge >= 0.3 is 6.09 Å². The van der Waals surface area contributed by atoms with E-state index in [2.05, 4.69) is 0 Å². The average molecular weight is 454 g/mol. The molecule has 3 rings (SSSR count). The average Bonchev–Trinajstić information content (AvgIpc) is 2.85. The second-order valence-electron chi connectivity index (χ2n) is 7.01. The van der Waals surface area contributed by atoms with Gasteiger partial charge in [0.1, 0.15) is 6.61 Å². The van der Waals surface area contributed by atoms with Crippen LogP contribution in [0.5, 0.6) is 11.5 Å². The number of ether oxygens (including phenoxy) is 3. The van der Waals surface area contributed by atoms with Crippen molar-refractivity contribution in [2.75, 3.05) is 26.5 Å². The standard InChI is InChI=1S/C25H27NO5S/c1-29-23-14-13-21(17-24(23)30-2)18-26(15-16-32(28)22-11-7-4-8-12-22)25(27)31-19-20-9-5-3-6-10-20/h3-14,17H,15-16,18-19H2,1-2H3. The van der Waals surface area contributed by atoms with E-state index in [-0.39, 0.29) is 13.2 Å². The van der Waals surface area contributed by atoms with Gasteiger partial charge in [-0.1, -0.05) is 54.6 Å². The summed E-state index contributed by atoms with van der Waals surface area (Å²) < 4.78 is 28.9. The molecule has 3 aromatic carbocycles. The van der Waals surface area contributed by atoms with E-state index >= 15 is 0 Å². The Morgan fingerprint density at radius 1 is 0.844 bits per heavy atom. The molecule has 0 saturated heterocycles. The van der Waals surface area contributed by atoms with Crippen LogP contribution >= 0.6 is 0 Å². The summed E-state index contributed by atoms with van der Waals surface area (Å²) in [4.78, 5) is 15.2. The van der Waals surface area contributed by atoms with Crippen LogP contribution in [0.1, 0.15) is 11.1 Å². The van der Waals surface area contributed by atoms with E-state index in [1.54, 1.807) is 25.2 Å². The van der Waals surface area contributed by atoms with E-state index in [1.165, 1.54) is 0 Å². The predicted molar refractivity (Wildman–Crippen MR) is 124 cm³/mol. The third kappa shape index (κ3) is 6.59. The number of rotatable bonds is 10. The van der Waals surface area contributed by atoms with Crippen LogP contribution in [0, 0.1) is 0 Å². The van der Waals surface area contributed by atoms with Gasteiger partial charge in [0.25, 0.3) is 0 Å². The van der Waals surface area contributed by atoms with Gasteiger partial charge in [-0.25, -0.2) is 4.79 Å². The quantitative estimate of drug-likeness (QED) is 0.447. The number of hydrogen-bond acceptors (Lipinski definition) is 5. The van der Waals surface area contributed by atoms with E-state index in [0.29, 0.717) is 23.8 Å². The molecule has 0 saturated carbocycles. The van der Waals surface area contributed by atoms with Gasteiger partial charge in [0, 0.05) is 23.7 Å². The van der Waals surface area contributed by atoms with E-state index < -0.39 is 16.9 Å². The molecular formula is C25H27NO5S. The highest BCUT2D eigenvalue weighted by Crippen LogP contribution is 2.28. The summed E-state index contributed by atoms with van der Waals surface area (Å²) in [6, 6.07) is 24.2. The van der Waals surface area contributed by atoms with Crippen molar-refractivity contribution in [3.8, 4) is 11.5 Å². The van der Waals surface area contributed by atoms with E-state index in [0.717, 1.165) is 16.0 Å². The zero-order valence-corrected chi connectivity index (χ0v) is 19.0. The Morgan fingerprint density at radius 2 is 1.50 bits per heavy atom. The molecular weight excluding hydrogens is 426 g/mol. The summed E-state index contributed by atoms with van der Waals surface area (Å²) >= 11 is 0. The molecule has 0 aliphatic carbocycles. The number of carbonyl (C=O) groups is 1. The summed E-state index contributed by atoms with van der Waals surface area (Å²) in [7, 11) is 1.92. The second-order valence-corrected chi connectivity index (χ2v) is 8.58. The lowest BCUT2D eigenvalue weighted by Gasteiger charge is -2.23. The summed E-state index contributed by atoms with van der Waals surface area (Å²) in [5, 5.41) is 0. The molecule has 0 aliphatic heterocycles. The molecule has 0 N–H and O–H groups in total. The zero-order valence-electron chi connectivity index (χ0n) is 18.2. The largest absolute Gasteiger partial charge is 0.493 e. The number of amides is 1. The Morgan fingerprint density at radius 3 is 2.16 bits per heavy atom. The predicted octanol–water partition coefficient (Wildman–Crippen LogP) is 4.65. The van der Waals surface area contributed by atoms with Crippen LogP contribution in [0.2, 0.25) is 0 Å². The smallest absolute Gasteiger partial charge is 0.410 e. The fourth-order valence-corrected chi connectivity index (χ4v) is 4.21. The number of carbonyl (C=O) groups excluding carboxylic acids is 1. The van der Waals surface area contributed by atoms with Crippen molar-refractivity contribution in [3.63, 3.8) is 0 Å². The third-order valence-corrected chi connectivity index (χ3v) is 6.19. The minimum absolute atomic E-state index is 0.171. The fraction of sp³-hybridized carbons (Fsp3) is 0.240. The molecule has 0 heterocycles. The Labute approximate surface area is 191 Å². The molecule has 1 unspecified atom stereocenters. The first-order valence-electron chi connectivity index (χ1n) is 10.2. The van der Waals surface area contributed by atoms with Gasteiger partial charge in [0.05, 0.1) is 25.0 Å². The molecule has 1 atom stereocenters. The van der Waals surface area contributed by atoms with Gasteiger partial charge in [-0.15, -0.1) is 0 Å². The van der Waals surface area contributed by atoms with Gasteiger partial charge in [-0.3, -0.25) is 4.21 Å². The molecule has 32 heavy (non-hydrogen) atoms. The molecule has 168 valence electrons. The Kier molecular flexibility index (Phi) is 8.69. The number of nitrogens with zero attached hydrogens (tertiary/aromatic N) is 1. The van der Waals surface area contributed by atoms with Crippen molar-refractivity contribution in [1.82, 2.24) is 4.90 Å². The Balaban J connectivity index is 1.72. The number of methoxy groups -OCH3 is 2. The molecule has 0 radical (unpaired) electrons. The molecule has 0 fully saturated rings. The van der Waals surface area contributed by atoms with Crippen molar-refractivity contribution in [2.24, 2.45) is 0 Å². The maximum absolute atomic E-state index is 12.9. The van der Waals surface area contributed by atoms with Crippen LogP contribution in [0.25, 0.3) is 0 Å². The monoisotopic (exact) mass is 453 g/mol. The normalized spacial score (nSPS) is 11.4. The van der Waals surface area contributed by atoms with Crippen LogP contribution in [0.15, 0.2) is 83.8 Å². The first kappa shape index (κ1) is 23.3. The summed E-state index contributed by atoms with van der Waals surface area (Å²) in [6.45, 7) is 0.743. The summed E-state index contributed by atoms with van der Waals surface area (Å²) in [5.74, 6) is 1.49. The number of hydrogen-bond donors (Lipinski definition) is 0. The van der Waals surface area contributed by atoms with Crippen molar-refractivity contribution in [3.05, 3.63) is 90.0 Å². The first-order valence-corrected chi connectivity index (χ1v) is 11.5. The van der Waals surface area contributed by atoms with Gasteiger partial charge in [0.15, 0.2) is 11.5 Å². The van der Waals surface area contributed by atoms with Gasteiger partial charge in [-0.2, -0.15) is 0 Å². The minimum atomic E-state index is -1.22. The highest BCUT2D eigenvalue weighted by molar-refractivity contribution is 7.85. The maximum atomic E-state index is 12.9. The topological polar surface area (TPSA) is 65.1 Å². The first-order chi connectivity index (χ1) is 15.6. The molecule has 6 nitrogen and oxygen atoms in total. The van der Waals surface area contributed by atoms with E-state index in [1.807, 2.05) is 72.8 Å². The fourth-order valence-electron chi connectivity index (χ4n) is 3.13. The molecule has 7 heteroatoms. The van der Waals surface area contributed by atoms with Crippen molar-refractivity contribution in [1.29, 1.82) is 0 Å². The SMILES string of the molecule is COc1ccc(CN(CCS(=O)c2ccccc2)C(=O)OCc2ccccc2)cc1OC. The lowest BCUT2D eigenvalue weighted by atomic mass is 10.2. The number of benzene rings is 3. The van der Waals surface area contributed by atoms with Gasteiger partial charge in [0.2, 0.25) is 0 Å². The van der Waals surface area contributed by atoms with E-state index in [4.69, 9.17) is 14.2 Å². The lowest BCUT2D eigenvalue weighted by molar-refractivity contribution is 0.0959. The molecule has 0 aromatic heterocycles. The van der Waals surface area contributed by atoms with Crippen LogP contribution < -0.4 is 9.47 Å². The molecule has 1 amide bonds. The second kappa shape index (κ2) is 11.9. The molecule has 3 aromatic rings. The van der Waals surface area contributed by atoms with Crippen molar-refractivity contribution < 1.29 is 23.2 Å². The van der Waals surface area contributed by atoms with Crippen LogP contribution in [0.3, 0.4) is 0 Å². The lowest BCUT2D eigenvalue weighted by Crippen LogP contribution is -2.34. The highest BCUT2D eigenvalue weighted by Gasteiger charge is 2.18. The minimum Gasteiger partial charge on any atom is -0.493 e. The summed E-state index contributed by atoms with van der Waals surface area (Å²) in [6.07, 6.45) is -0.464. The van der Waals surface area contributed by atoms with E-state index in [9.17, 15) is 9.00 Å². The molecule has 0 bridgehead atoms. The van der Waals surface area contributed by atoms with Crippen LogP contribution in [-0.2, 0) is 28.7 Å². The molecule has 0 aliphatic rings. The third-order valence-electron chi connectivity index (χ3n) is 4.84. The van der Waals surface area contributed by atoms with Crippen LogP contribution in [0.4, 0.5) is 4.79 Å². The van der Waals surface area contributed by atoms with Gasteiger partial charge < -0.3 is 19.1 Å². The Hall–Kier alpha value is -3.32. The molecule has 0 spiro atoms. The van der Waals surface area contributed by atoms with Crippen LogP contribution in [-0.4, -0.2) is 41.7 Å². The van der Waals surface area contributed by atoms with Crippen molar-refractivity contribution >= 4 is 16.9 Å². The highest BCUT2D eigenvalue weighted by atomic mass is 32.2.